The molecule has 220 valence electrons. The first-order valence-electron chi connectivity index (χ1n) is 13.1. The number of aryl methyl sites for hydroxylation is 1. The molecule has 2 aromatic carbocycles. The lowest BCUT2D eigenvalue weighted by Crippen LogP contribution is -2.41. The average Bonchev–Trinajstić information content (AvgIpc) is 3.38. The molecule has 0 radical (unpaired) electrons. The third kappa shape index (κ3) is 6.91. The van der Waals surface area contributed by atoms with Crippen LogP contribution in [0.15, 0.2) is 48.7 Å². The fraction of sp³-hybridized carbons (Fsp3) is 0.393. The van der Waals surface area contributed by atoms with Crippen molar-refractivity contribution in [2.24, 2.45) is 5.73 Å². The molecule has 0 fully saturated rings. The smallest absolute Gasteiger partial charge is 0.493 e. The molecule has 41 heavy (non-hydrogen) atoms. The van der Waals surface area contributed by atoms with E-state index in [0.717, 1.165) is 25.3 Å². The first kappa shape index (κ1) is 29.7. The predicted molar refractivity (Wildman–Crippen MR) is 144 cm³/mol. The number of methoxy groups -OCH3 is 2. The van der Waals surface area contributed by atoms with Crippen LogP contribution in [0.1, 0.15) is 58.1 Å². The normalized spacial score (nSPS) is 14.8. The molecule has 1 aliphatic rings. The number of hydrogen-bond donors (Lipinski definition) is 2. The molecule has 1 aliphatic heterocycles. The van der Waals surface area contributed by atoms with Crippen molar-refractivity contribution < 1.29 is 37.0 Å². The summed E-state index contributed by atoms with van der Waals surface area (Å²) >= 11 is 0. The van der Waals surface area contributed by atoms with Crippen molar-refractivity contribution in [1.29, 1.82) is 0 Å². The Labute approximate surface area is 235 Å². The monoisotopic (exact) mass is 575 g/mol. The summed E-state index contributed by atoms with van der Waals surface area (Å²) < 4.78 is 55.3. The number of anilines is 1. The van der Waals surface area contributed by atoms with E-state index in [9.17, 15) is 22.8 Å². The van der Waals surface area contributed by atoms with E-state index >= 15 is 0 Å². The third-order valence-electron chi connectivity index (χ3n) is 6.73. The maximum absolute atomic E-state index is 13.6. The number of amides is 2. The number of nitrogens with zero attached hydrogens (tertiary/aromatic N) is 3. The predicted octanol–water partition coefficient (Wildman–Crippen LogP) is 4.45. The Morgan fingerprint density at radius 2 is 1.80 bits per heavy atom. The number of carbonyl (C=O) groups excluding carboxylic acids is 2. The number of ether oxygens (including phenoxy) is 3. The lowest BCUT2D eigenvalue weighted by Gasteiger charge is -2.33. The van der Waals surface area contributed by atoms with Crippen LogP contribution in [0.25, 0.3) is 0 Å². The summed E-state index contributed by atoms with van der Waals surface area (Å²) in [4.78, 5) is 28.4. The van der Waals surface area contributed by atoms with Gasteiger partial charge in [-0.1, -0.05) is 18.6 Å². The summed E-state index contributed by atoms with van der Waals surface area (Å²) in [5, 5.41) is 7.34. The number of alkyl halides is 3. The van der Waals surface area contributed by atoms with Crippen LogP contribution in [-0.2, 0) is 6.54 Å². The lowest BCUT2D eigenvalue weighted by molar-refractivity contribution is -0.274. The molecular formula is C28H32F3N5O5. The Hall–Kier alpha value is -4.26. The maximum Gasteiger partial charge on any atom is 0.573 e. The molecule has 0 spiro atoms. The van der Waals surface area contributed by atoms with Crippen LogP contribution in [0, 0.1) is 0 Å². The molecule has 3 N–H and O–H groups in total. The van der Waals surface area contributed by atoms with Crippen molar-refractivity contribution in [1.82, 2.24) is 15.1 Å². The van der Waals surface area contributed by atoms with Crippen molar-refractivity contribution in [3.63, 3.8) is 0 Å². The van der Waals surface area contributed by atoms with Crippen molar-refractivity contribution >= 4 is 17.5 Å². The zero-order valence-corrected chi connectivity index (χ0v) is 22.7. The number of nitrogens with one attached hydrogen (secondary N) is 1. The number of hydrogen-bond acceptors (Lipinski definition) is 7. The Morgan fingerprint density at radius 3 is 2.51 bits per heavy atom. The zero-order valence-electron chi connectivity index (χ0n) is 22.7. The number of unbranched alkanes of at least 4 members (excludes halogenated alkanes) is 2. The minimum Gasteiger partial charge on any atom is -0.493 e. The fourth-order valence-corrected chi connectivity index (χ4v) is 4.81. The maximum atomic E-state index is 13.6. The van der Waals surface area contributed by atoms with Gasteiger partial charge in [0.25, 0.3) is 11.8 Å². The van der Waals surface area contributed by atoms with Crippen molar-refractivity contribution in [2.75, 3.05) is 32.2 Å². The molecule has 10 nitrogen and oxygen atoms in total. The van der Waals surface area contributed by atoms with Gasteiger partial charge in [0.2, 0.25) is 0 Å². The first-order valence-corrected chi connectivity index (χ1v) is 13.1. The Bertz CT molecular complexity index is 1380. The highest BCUT2D eigenvalue weighted by atomic mass is 19.4. The van der Waals surface area contributed by atoms with Gasteiger partial charge in [0.15, 0.2) is 11.5 Å². The largest absolute Gasteiger partial charge is 0.573 e. The molecule has 1 aromatic heterocycles. The van der Waals surface area contributed by atoms with Gasteiger partial charge in [-0.3, -0.25) is 14.3 Å². The van der Waals surface area contributed by atoms with Crippen LogP contribution >= 0.6 is 0 Å². The molecule has 2 heterocycles. The van der Waals surface area contributed by atoms with Gasteiger partial charge >= 0.3 is 6.36 Å². The molecule has 0 aliphatic carbocycles. The minimum absolute atomic E-state index is 0.227. The molecule has 0 bridgehead atoms. The topological polar surface area (TPSA) is 121 Å². The van der Waals surface area contributed by atoms with Gasteiger partial charge < -0.3 is 30.2 Å². The van der Waals surface area contributed by atoms with Crippen LogP contribution in [0.3, 0.4) is 0 Å². The van der Waals surface area contributed by atoms with E-state index in [2.05, 4.69) is 15.2 Å². The highest BCUT2D eigenvalue weighted by Gasteiger charge is 2.36. The Morgan fingerprint density at radius 1 is 1.05 bits per heavy atom. The van der Waals surface area contributed by atoms with E-state index in [0.29, 0.717) is 48.0 Å². The van der Waals surface area contributed by atoms with Crippen molar-refractivity contribution in [2.45, 2.75) is 44.6 Å². The van der Waals surface area contributed by atoms with E-state index in [1.807, 2.05) is 0 Å². The molecule has 3 aromatic rings. The number of halogens is 3. The molecule has 1 atom stereocenters. The minimum atomic E-state index is -4.96. The number of rotatable bonds is 11. The summed E-state index contributed by atoms with van der Waals surface area (Å²) in [5.74, 6) is -0.767. The van der Waals surface area contributed by atoms with E-state index in [1.165, 1.54) is 32.4 Å². The standard InChI is InChI=1S/C28H32F3N5O5/c1-39-23-11-10-18(16-24(23)40-2)27(38)35-15-12-20(25-21(35)17-33-36(25)14-7-3-6-13-32)34-26(37)19-8-4-5-9-22(19)41-28(29,30)31/h4-5,8-11,16-17,20H,3,6-7,12-15,32H2,1-2H3,(H,34,37). The second-order valence-electron chi connectivity index (χ2n) is 9.37. The molecule has 13 heteroatoms. The lowest BCUT2D eigenvalue weighted by atomic mass is 10.0. The Balaban J connectivity index is 1.64. The number of fused-ring (bicyclic) bond motifs is 1. The summed E-state index contributed by atoms with van der Waals surface area (Å²) in [6.07, 6.45) is -0.633. The quantitative estimate of drug-likeness (QED) is 0.324. The molecule has 1 unspecified atom stereocenters. The SMILES string of the molecule is COc1ccc(C(=O)N2CCC(NC(=O)c3ccccc3OC(F)(F)F)c3c2cnn3CCCCCN)cc1OC. The van der Waals surface area contributed by atoms with Gasteiger partial charge in [-0.15, -0.1) is 13.2 Å². The van der Waals surface area contributed by atoms with Gasteiger partial charge in [-0.2, -0.15) is 5.10 Å². The van der Waals surface area contributed by atoms with Gasteiger partial charge in [0.05, 0.1) is 43.4 Å². The summed E-state index contributed by atoms with van der Waals surface area (Å²) in [6, 6.07) is 9.39. The van der Waals surface area contributed by atoms with E-state index < -0.39 is 24.1 Å². The molecule has 0 saturated carbocycles. The van der Waals surface area contributed by atoms with E-state index in [1.54, 1.807) is 34.0 Å². The highest BCUT2D eigenvalue weighted by molar-refractivity contribution is 6.07. The van der Waals surface area contributed by atoms with Crippen LogP contribution < -0.4 is 30.2 Å². The average molecular weight is 576 g/mol. The van der Waals surface area contributed by atoms with Gasteiger partial charge in [-0.25, -0.2) is 0 Å². The van der Waals surface area contributed by atoms with Gasteiger partial charge in [-0.05, 0) is 56.1 Å². The van der Waals surface area contributed by atoms with Crippen LogP contribution in [-0.4, -0.2) is 55.3 Å². The molecule has 2 amide bonds. The van der Waals surface area contributed by atoms with Crippen LogP contribution in [0.4, 0.5) is 18.9 Å². The summed E-state index contributed by atoms with van der Waals surface area (Å²) in [6.45, 7) is 1.29. The highest BCUT2D eigenvalue weighted by Crippen LogP contribution is 2.37. The number of nitrogens with two attached hydrogens (primary N) is 1. The molecule has 4 rings (SSSR count). The van der Waals surface area contributed by atoms with E-state index in [4.69, 9.17) is 15.2 Å². The van der Waals surface area contributed by atoms with Gasteiger partial charge in [0, 0.05) is 18.7 Å². The van der Waals surface area contributed by atoms with Crippen molar-refractivity contribution in [3.8, 4) is 17.2 Å². The number of carbonyl (C=O) groups is 2. The molecule has 0 saturated heterocycles. The van der Waals surface area contributed by atoms with Crippen LogP contribution in [0.2, 0.25) is 0 Å². The van der Waals surface area contributed by atoms with E-state index in [-0.39, 0.29) is 18.0 Å². The number of aromatic nitrogens is 2. The third-order valence-corrected chi connectivity index (χ3v) is 6.73. The second-order valence-corrected chi connectivity index (χ2v) is 9.37. The zero-order chi connectivity index (χ0) is 29.6. The summed E-state index contributed by atoms with van der Waals surface area (Å²) in [5.41, 5.74) is 6.81. The second kappa shape index (κ2) is 12.9. The Kier molecular flexibility index (Phi) is 9.38. The fourth-order valence-electron chi connectivity index (χ4n) is 4.81. The number of para-hydroxylation sites is 1. The molecular weight excluding hydrogens is 543 g/mol. The summed E-state index contributed by atoms with van der Waals surface area (Å²) in [7, 11) is 2.98. The van der Waals surface area contributed by atoms with Crippen LogP contribution in [0.5, 0.6) is 17.2 Å². The first-order chi connectivity index (χ1) is 19.7. The van der Waals surface area contributed by atoms with Crippen molar-refractivity contribution in [3.05, 3.63) is 65.5 Å². The number of benzene rings is 2. The van der Waals surface area contributed by atoms with Gasteiger partial charge in [0.1, 0.15) is 5.75 Å².